The lowest BCUT2D eigenvalue weighted by Crippen LogP contribution is -2.24. The van der Waals surface area contributed by atoms with Gasteiger partial charge in [0.2, 0.25) is 0 Å². The molecule has 0 fully saturated rings. The highest BCUT2D eigenvalue weighted by molar-refractivity contribution is 5.85. The summed E-state index contributed by atoms with van der Waals surface area (Å²) in [5, 5.41) is 14.6. The van der Waals surface area contributed by atoms with Gasteiger partial charge in [0.15, 0.2) is 11.6 Å². The normalized spacial score (nSPS) is 16.1. The van der Waals surface area contributed by atoms with Gasteiger partial charge in [0, 0.05) is 10.9 Å². The molecular weight excluding hydrogens is 357 g/mol. The van der Waals surface area contributed by atoms with Crippen molar-refractivity contribution in [3.8, 4) is 17.6 Å². The average molecular weight is 373 g/mol. The van der Waals surface area contributed by atoms with E-state index in [0.29, 0.717) is 35.9 Å². The van der Waals surface area contributed by atoms with Gasteiger partial charge in [0.25, 0.3) is 0 Å². The summed E-state index contributed by atoms with van der Waals surface area (Å²) >= 11 is 0. The van der Waals surface area contributed by atoms with Gasteiger partial charge in [-0.05, 0) is 48.4 Å². The zero-order valence-electron chi connectivity index (χ0n) is 15.1. The van der Waals surface area contributed by atoms with E-state index in [1.165, 1.54) is 6.07 Å². The maximum atomic E-state index is 14.0. The van der Waals surface area contributed by atoms with E-state index in [0.717, 1.165) is 22.2 Å². The van der Waals surface area contributed by atoms with Gasteiger partial charge in [-0.25, -0.2) is 14.1 Å². The third-order valence-electron chi connectivity index (χ3n) is 5.11. The smallest absolute Gasteiger partial charge is 0.197 e. The van der Waals surface area contributed by atoms with Gasteiger partial charge >= 0.3 is 0 Å². The molecule has 7 heteroatoms. The minimum Gasteiger partial charge on any atom is -0.364 e. The molecule has 0 aliphatic carbocycles. The van der Waals surface area contributed by atoms with Crippen LogP contribution in [0.25, 0.3) is 22.4 Å². The van der Waals surface area contributed by atoms with Gasteiger partial charge in [-0.2, -0.15) is 5.26 Å². The number of rotatable bonds is 2. The van der Waals surface area contributed by atoms with Gasteiger partial charge in [-0.1, -0.05) is 12.1 Å². The van der Waals surface area contributed by atoms with Crippen LogP contribution in [0.5, 0.6) is 0 Å². The molecule has 138 valence electrons. The fraction of sp³-hybridized carbons (Fsp3) is 0.190. The summed E-state index contributed by atoms with van der Waals surface area (Å²) in [6.07, 6.45) is -0.458. The van der Waals surface area contributed by atoms with Crippen molar-refractivity contribution < 1.29 is 9.13 Å². The first-order valence-electron chi connectivity index (χ1n) is 8.98. The number of fused-ring (bicyclic) bond motifs is 2. The molecule has 1 aliphatic heterocycles. The van der Waals surface area contributed by atoms with E-state index in [-0.39, 0.29) is 5.82 Å². The number of hydrogen-bond donors (Lipinski definition) is 1. The van der Waals surface area contributed by atoms with Crippen LogP contribution >= 0.6 is 0 Å². The highest BCUT2D eigenvalue weighted by Crippen LogP contribution is 2.32. The zero-order chi connectivity index (χ0) is 19.3. The molecule has 0 saturated heterocycles. The first kappa shape index (κ1) is 16.7. The Morgan fingerprint density at radius 3 is 3.04 bits per heavy atom. The molecule has 2 aromatic heterocycles. The molecule has 3 heterocycles. The minimum absolute atomic E-state index is 0.262. The summed E-state index contributed by atoms with van der Waals surface area (Å²) < 4.78 is 21.8. The number of nitrogens with one attached hydrogen (secondary N) is 1. The maximum Gasteiger partial charge on any atom is 0.197 e. The van der Waals surface area contributed by atoms with Gasteiger partial charge in [0.1, 0.15) is 11.9 Å². The Balaban J connectivity index is 1.59. The highest BCUT2D eigenvalue weighted by Gasteiger charge is 2.29. The van der Waals surface area contributed by atoms with Crippen molar-refractivity contribution in [3.63, 3.8) is 0 Å². The monoisotopic (exact) mass is 373 g/mol. The first-order chi connectivity index (χ1) is 13.6. The van der Waals surface area contributed by atoms with Crippen molar-refractivity contribution in [3.05, 3.63) is 70.8 Å². The molecular formula is C21H16FN5O. The summed E-state index contributed by atoms with van der Waals surface area (Å²) in [5.74, 6) is 0.947. The Bertz CT molecular complexity index is 1250. The topological polar surface area (TPSA) is 79.5 Å². The van der Waals surface area contributed by atoms with E-state index >= 15 is 0 Å². The molecule has 0 saturated carbocycles. The molecule has 0 amide bonds. The summed E-state index contributed by atoms with van der Waals surface area (Å²) in [5.41, 5.74) is 3.60. The number of aromatic amines is 1. The molecule has 28 heavy (non-hydrogen) atoms. The second-order valence-electron chi connectivity index (χ2n) is 6.82. The lowest BCUT2D eigenvalue weighted by molar-refractivity contribution is 0.0384. The first-order valence-corrected chi connectivity index (χ1v) is 8.98. The molecule has 1 aliphatic rings. The molecule has 0 radical (unpaired) electrons. The summed E-state index contributed by atoms with van der Waals surface area (Å²) in [4.78, 5) is 7.99. The fourth-order valence-corrected chi connectivity index (χ4v) is 3.62. The highest BCUT2D eigenvalue weighted by atomic mass is 19.1. The summed E-state index contributed by atoms with van der Waals surface area (Å²) in [6.45, 7) is 2.81. The third kappa shape index (κ3) is 2.58. The second-order valence-corrected chi connectivity index (χ2v) is 6.82. The van der Waals surface area contributed by atoms with Crippen LogP contribution in [0.3, 0.4) is 0 Å². The maximum absolute atomic E-state index is 14.0. The number of H-pyrrole nitrogens is 1. The Morgan fingerprint density at radius 1 is 1.29 bits per heavy atom. The van der Waals surface area contributed by atoms with E-state index in [1.54, 1.807) is 19.1 Å². The lowest BCUT2D eigenvalue weighted by atomic mass is 10.0. The third-order valence-corrected chi connectivity index (χ3v) is 5.11. The molecule has 1 N–H and O–H groups in total. The number of benzene rings is 2. The van der Waals surface area contributed by atoms with Crippen molar-refractivity contribution in [1.29, 1.82) is 5.26 Å². The SMILES string of the molecule is Cc1c(F)cccc1C1OCCn2nc(-c3cc4cc(C#N)ccc4[nH]3)nc21. The number of halogens is 1. The van der Waals surface area contributed by atoms with Crippen molar-refractivity contribution >= 4 is 10.9 Å². The predicted molar refractivity (Wildman–Crippen MR) is 101 cm³/mol. The number of hydrogen-bond acceptors (Lipinski definition) is 4. The summed E-state index contributed by atoms with van der Waals surface area (Å²) in [7, 11) is 0. The molecule has 6 nitrogen and oxygen atoms in total. The van der Waals surface area contributed by atoms with E-state index in [9.17, 15) is 4.39 Å². The van der Waals surface area contributed by atoms with Gasteiger partial charge < -0.3 is 9.72 Å². The Hall–Kier alpha value is -3.50. The van der Waals surface area contributed by atoms with Crippen molar-refractivity contribution in [1.82, 2.24) is 19.7 Å². The largest absolute Gasteiger partial charge is 0.364 e. The van der Waals surface area contributed by atoms with Crippen LogP contribution in [-0.2, 0) is 11.3 Å². The van der Waals surface area contributed by atoms with Crippen LogP contribution in [0.2, 0.25) is 0 Å². The number of ether oxygens (including phenoxy) is 1. The molecule has 2 aromatic carbocycles. The predicted octanol–water partition coefficient (Wildman–Crippen LogP) is 3.87. The molecule has 1 atom stereocenters. The van der Waals surface area contributed by atoms with Crippen LogP contribution in [0.4, 0.5) is 4.39 Å². The van der Waals surface area contributed by atoms with Crippen molar-refractivity contribution in [2.24, 2.45) is 0 Å². The molecule has 5 rings (SSSR count). The van der Waals surface area contributed by atoms with Gasteiger partial charge in [-0.15, -0.1) is 5.10 Å². The fourth-order valence-electron chi connectivity index (χ4n) is 3.62. The Morgan fingerprint density at radius 2 is 2.18 bits per heavy atom. The van der Waals surface area contributed by atoms with Crippen LogP contribution < -0.4 is 0 Å². The Labute approximate surface area is 160 Å². The second kappa shape index (κ2) is 6.29. The molecule has 0 bridgehead atoms. The van der Waals surface area contributed by atoms with Crippen molar-refractivity contribution in [2.45, 2.75) is 19.6 Å². The van der Waals surface area contributed by atoms with Crippen LogP contribution in [0, 0.1) is 24.1 Å². The van der Waals surface area contributed by atoms with E-state index in [4.69, 9.17) is 15.0 Å². The van der Waals surface area contributed by atoms with E-state index in [1.807, 2.05) is 28.9 Å². The number of aromatic nitrogens is 4. The van der Waals surface area contributed by atoms with E-state index in [2.05, 4.69) is 16.2 Å². The van der Waals surface area contributed by atoms with Crippen LogP contribution in [0.15, 0.2) is 42.5 Å². The average Bonchev–Trinajstić information content (AvgIpc) is 3.33. The van der Waals surface area contributed by atoms with Crippen LogP contribution in [0.1, 0.15) is 28.6 Å². The molecule has 4 aromatic rings. The van der Waals surface area contributed by atoms with Crippen LogP contribution in [-0.4, -0.2) is 26.4 Å². The quantitative estimate of drug-likeness (QED) is 0.579. The Kier molecular flexibility index (Phi) is 3.74. The number of nitrogens with zero attached hydrogens (tertiary/aromatic N) is 4. The van der Waals surface area contributed by atoms with Gasteiger partial charge in [0.05, 0.1) is 30.5 Å². The van der Waals surface area contributed by atoms with Crippen molar-refractivity contribution in [2.75, 3.05) is 6.61 Å². The minimum atomic E-state index is -0.458. The lowest BCUT2D eigenvalue weighted by Gasteiger charge is -2.24. The molecule has 1 unspecified atom stereocenters. The van der Waals surface area contributed by atoms with E-state index < -0.39 is 6.10 Å². The van der Waals surface area contributed by atoms with Gasteiger partial charge in [-0.3, -0.25) is 0 Å². The molecule has 0 spiro atoms. The summed E-state index contributed by atoms with van der Waals surface area (Å²) in [6, 6.07) is 14.5. The zero-order valence-corrected chi connectivity index (χ0v) is 15.1. The number of nitriles is 1. The standard InChI is InChI=1S/C21H16FN5O/c1-12-15(3-2-4-16(12)22)19-21-25-20(26-27(21)7-8-28-19)18-10-14-9-13(11-23)5-6-17(14)24-18/h2-6,9-10,19,24H,7-8H2,1H3.